The number of carboxylic acids is 1. The molecule has 0 spiro atoms. The van der Waals surface area contributed by atoms with Crippen molar-refractivity contribution >= 4 is 29.3 Å². The minimum atomic E-state index is -1.07. The number of benzene rings is 1. The van der Waals surface area contributed by atoms with Crippen LogP contribution in [0.15, 0.2) is 24.3 Å². The van der Waals surface area contributed by atoms with Crippen LogP contribution in [-0.2, 0) is 4.79 Å². The fraction of sp³-hybridized carbons (Fsp3) is 0.467. The molecule has 0 aliphatic rings. The Morgan fingerprint density at radius 2 is 2.05 bits per heavy atom. The molecule has 1 aromatic carbocycles. The molecule has 1 rings (SSSR count). The molecule has 1 N–H and O–H groups in total. The highest BCUT2D eigenvalue weighted by Crippen LogP contribution is 2.21. The van der Waals surface area contributed by atoms with E-state index < -0.39 is 12.5 Å². The molecule has 2 amide bonds. The maximum atomic E-state index is 12.6. The van der Waals surface area contributed by atoms with Gasteiger partial charge in [-0.05, 0) is 31.5 Å². The van der Waals surface area contributed by atoms with E-state index in [-0.39, 0.29) is 12.1 Å². The van der Waals surface area contributed by atoms with Gasteiger partial charge in [0, 0.05) is 23.8 Å². The number of hydrogen-bond donors (Lipinski definition) is 1. The molecule has 0 radical (unpaired) electrons. The van der Waals surface area contributed by atoms with Crippen molar-refractivity contribution in [2.24, 2.45) is 0 Å². The number of anilines is 1. The fourth-order valence-corrected chi connectivity index (χ4v) is 2.22. The van der Waals surface area contributed by atoms with E-state index in [0.717, 1.165) is 12.8 Å². The van der Waals surface area contributed by atoms with Gasteiger partial charge in [0.2, 0.25) is 0 Å². The summed E-state index contributed by atoms with van der Waals surface area (Å²) < 4.78 is 0. The summed E-state index contributed by atoms with van der Waals surface area (Å²) in [6.07, 6.45) is 1.81. The van der Waals surface area contributed by atoms with Crippen molar-refractivity contribution in [1.82, 2.24) is 4.90 Å². The predicted molar refractivity (Wildman–Crippen MR) is 84.0 cm³/mol. The van der Waals surface area contributed by atoms with Gasteiger partial charge in [0.1, 0.15) is 6.54 Å². The Morgan fingerprint density at radius 3 is 2.57 bits per heavy atom. The smallest absolute Gasteiger partial charge is 0.325 e. The average Bonchev–Trinajstić information content (AvgIpc) is 2.43. The molecule has 116 valence electrons. The van der Waals surface area contributed by atoms with Gasteiger partial charge in [0.25, 0.3) is 0 Å². The standard InChI is InChI=1S/C15H21ClN2O3/c1-4-6-11(2)17(3)15(21)18(10-14(19)20)13-8-5-7-12(16)9-13/h5,7-9,11H,4,6,10H2,1-3H3,(H,19,20). The monoisotopic (exact) mass is 312 g/mol. The molecule has 0 saturated heterocycles. The van der Waals surface area contributed by atoms with Crippen LogP contribution < -0.4 is 4.90 Å². The van der Waals surface area contributed by atoms with Gasteiger partial charge in [-0.3, -0.25) is 9.69 Å². The Labute approximate surface area is 130 Å². The van der Waals surface area contributed by atoms with Gasteiger partial charge in [-0.1, -0.05) is 31.0 Å². The van der Waals surface area contributed by atoms with Crippen molar-refractivity contribution in [3.8, 4) is 0 Å². The Bertz CT molecular complexity index is 507. The summed E-state index contributed by atoms with van der Waals surface area (Å²) in [5.74, 6) is -1.07. The lowest BCUT2D eigenvalue weighted by Gasteiger charge is -2.31. The van der Waals surface area contributed by atoms with Gasteiger partial charge in [0.05, 0.1) is 0 Å². The van der Waals surface area contributed by atoms with E-state index in [2.05, 4.69) is 0 Å². The summed E-state index contributed by atoms with van der Waals surface area (Å²) in [6.45, 7) is 3.58. The first kappa shape index (κ1) is 17.3. The van der Waals surface area contributed by atoms with Gasteiger partial charge < -0.3 is 10.0 Å². The van der Waals surface area contributed by atoms with E-state index in [9.17, 15) is 9.59 Å². The third kappa shape index (κ3) is 4.93. The van der Waals surface area contributed by atoms with Crippen LogP contribution >= 0.6 is 11.6 Å². The van der Waals surface area contributed by atoms with Crippen LogP contribution in [0.1, 0.15) is 26.7 Å². The number of halogens is 1. The summed E-state index contributed by atoms with van der Waals surface area (Å²) in [4.78, 5) is 26.4. The maximum Gasteiger partial charge on any atom is 0.325 e. The molecule has 0 aromatic heterocycles. The zero-order valence-electron chi connectivity index (χ0n) is 12.5. The Balaban J connectivity index is 3.02. The SMILES string of the molecule is CCCC(C)N(C)C(=O)N(CC(=O)O)c1cccc(Cl)c1. The molecular formula is C15H21ClN2O3. The normalized spacial score (nSPS) is 11.8. The number of carboxylic acid groups (broad SMARTS) is 1. The number of carbonyl (C=O) groups is 2. The number of nitrogens with zero attached hydrogens (tertiary/aromatic N) is 2. The molecule has 0 aliphatic heterocycles. The largest absolute Gasteiger partial charge is 0.480 e. The second kappa shape index (κ2) is 7.88. The Kier molecular flexibility index (Phi) is 6.49. The van der Waals surface area contributed by atoms with Crippen LogP contribution in [0.3, 0.4) is 0 Å². The average molecular weight is 313 g/mol. The fourth-order valence-electron chi connectivity index (χ4n) is 2.04. The third-order valence-corrected chi connectivity index (χ3v) is 3.55. The Hall–Kier alpha value is -1.75. The van der Waals surface area contributed by atoms with Crippen LogP contribution in [0.2, 0.25) is 5.02 Å². The summed E-state index contributed by atoms with van der Waals surface area (Å²) in [5, 5.41) is 9.50. The van der Waals surface area contributed by atoms with Crippen molar-refractivity contribution in [3.63, 3.8) is 0 Å². The van der Waals surface area contributed by atoms with E-state index in [1.54, 1.807) is 36.2 Å². The lowest BCUT2D eigenvalue weighted by Crippen LogP contribution is -2.47. The predicted octanol–water partition coefficient (Wildman–Crippen LogP) is 3.47. The molecule has 6 heteroatoms. The van der Waals surface area contributed by atoms with Crippen molar-refractivity contribution in [2.45, 2.75) is 32.7 Å². The molecule has 0 heterocycles. The number of aliphatic carboxylic acids is 1. The van der Waals surface area contributed by atoms with Gasteiger partial charge >= 0.3 is 12.0 Å². The molecule has 0 bridgehead atoms. The maximum absolute atomic E-state index is 12.6. The van der Waals surface area contributed by atoms with E-state index in [1.807, 2.05) is 13.8 Å². The van der Waals surface area contributed by atoms with E-state index in [4.69, 9.17) is 16.7 Å². The second-order valence-corrected chi connectivity index (χ2v) is 5.43. The summed E-state index contributed by atoms with van der Waals surface area (Å²) in [5.41, 5.74) is 0.477. The van der Waals surface area contributed by atoms with E-state index in [1.165, 1.54) is 4.90 Å². The minimum absolute atomic E-state index is 0.0398. The van der Waals surface area contributed by atoms with Crippen LogP contribution in [0, 0.1) is 0 Å². The minimum Gasteiger partial charge on any atom is -0.480 e. The molecule has 0 aliphatic carbocycles. The van der Waals surface area contributed by atoms with Gasteiger partial charge in [0.15, 0.2) is 0 Å². The van der Waals surface area contributed by atoms with Crippen molar-refractivity contribution < 1.29 is 14.7 Å². The first-order chi connectivity index (χ1) is 9.86. The highest BCUT2D eigenvalue weighted by Gasteiger charge is 2.25. The first-order valence-electron chi connectivity index (χ1n) is 6.88. The zero-order valence-corrected chi connectivity index (χ0v) is 13.3. The lowest BCUT2D eigenvalue weighted by molar-refractivity contribution is -0.135. The van der Waals surface area contributed by atoms with Crippen LogP contribution in [0.25, 0.3) is 0 Å². The number of amides is 2. The van der Waals surface area contributed by atoms with E-state index >= 15 is 0 Å². The molecule has 1 aromatic rings. The van der Waals surface area contributed by atoms with Crippen LogP contribution in [0.5, 0.6) is 0 Å². The highest BCUT2D eigenvalue weighted by atomic mass is 35.5. The molecule has 1 atom stereocenters. The second-order valence-electron chi connectivity index (χ2n) is 4.99. The van der Waals surface area contributed by atoms with E-state index in [0.29, 0.717) is 10.7 Å². The third-order valence-electron chi connectivity index (χ3n) is 3.31. The first-order valence-corrected chi connectivity index (χ1v) is 7.26. The van der Waals surface area contributed by atoms with Crippen molar-refractivity contribution in [2.75, 3.05) is 18.5 Å². The number of rotatable bonds is 6. The quantitative estimate of drug-likeness (QED) is 0.875. The Morgan fingerprint density at radius 1 is 1.38 bits per heavy atom. The molecule has 1 unspecified atom stereocenters. The van der Waals surface area contributed by atoms with Crippen molar-refractivity contribution in [1.29, 1.82) is 0 Å². The molecule has 21 heavy (non-hydrogen) atoms. The topological polar surface area (TPSA) is 60.9 Å². The van der Waals surface area contributed by atoms with Gasteiger partial charge in [-0.15, -0.1) is 0 Å². The molecule has 5 nitrogen and oxygen atoms in total. The summed E-state index contributed by atoms with van der Waals surface area (Å²) in [7, 11) is 1.68. The summed E-state index contributed by atoms with van der Waals surface area (Å²) >= 11 is 5.92. The van der Waals surface area contributed by atoms with Crippen LogP contribution in [0.4, 0.5) is 10.5 Å². The molecule has 0 fully saturated rings. The lowest BCUT2D eigenvalue weighted by atomic mass is 10.2. The molecular weight excluding hydrogens is 292 g/mol. The van der Waals surface area contributed by atoms with Crippen LogP contribution in [-0.4, -0.2) is 41.6 Å². The number of hydrogen-bond acceptors (Lipinski definition) is 2. The molecule has 0 saturated carbocycles. The number of carbonyl (C=O) groups excluding carboxylic acids is 1. The van der Waals surface area contributed by atoms with Gasteiger partial charge in [-0.25, -0.2) is 4.79 Å². The number of urea groups is 1. The zero-order chi connectivity index (χ0) is 16.0. The summed E-state index contributed by atoms with van der Waals surface area (Å²) in [6, 6.07) is 6.32. The van der Waals surface area contributed by atoms with Crippen molar-refractivity contribution in [3.05, 3.63) is 29.3 Å². The van der Waals surface area contributed by atoms with Gasteiger partial charge in [-0.2, -0.15) is 0 Å². The highest BCUT2D eigenvalue weighted by molar-refractivity contribution is 6.30.